The van der Waals surface area contributed by atoms with Gasteiger partial charge in [-0.25, -0.2) is 0 Å². The van der Waals surface area contributed by atoms with Gasteiger partial charge >= 0.3 is 102 Å². The fraction of sp³-hybridized carbons (Fsp3) is 0.462. The minimum atomic E-state index is -0.718. The van der Waals surface area contributed by atoms with Crippen molar-refractivity contribution in [1.29, 1.82) is 5.26 Å². The first-order valence-corrected chi connectivity index (χ1v) is 7.43. The van der Waals surface area contributed by atoms with Crippen LogP contribution in [0.4, 0.5) is 0 Å². The zero-order valence-corrected chi connectivity index (χ0v) is 10.8. The molecule has 0 saturated heterocycles. The van der Waals surface area contributed by atoms with Gasteiger partial charge in [-0.05, 0) is 0 Å². The fourth-order valence-corrected chi connectivity index (χ4v) is 4.44. The summed E-state index contributed by atoms with van der Waals surface area (Å²) in [6.45, 7) is 0. The Morgan fingerprint density at radius 3 is 2.44 bits per heavy atom. The molecule has 0 aromatic heterocycles. The van der Waals surface area contributed by atoms with Gasteiger partial charge in [-0.1, -0.05) is 0 Å². The quantitative estimate of drug-likeness (QED) is 0.855. The number of hydrogen-bond acceptors (Lipinski definition) is 2. The number of benzene rings is 1. The van der Waals surface area contributed by atoms with Gasteiger partial charge in [0.1, 0.15) is 0 Å². The van der Waals surface area contributed by atoms with Gasteiger partial charge in [0.25, 0.3) is 0 Å². The average Bonchev–Trinajstić information content (AvgIpc) is 2.75. The second-order valence-corrected chi connectivity index (χ2v) is 6.72. The van der Waals surface area contributed by atoms with Gasteiger partial charge in [0.2, 0.25) is 0 Å². The van der Waals surface area contributed by atoms with E-state index in [0.29, 0.717) is 0 Å². The van der Waals surface area contributed by atoms with Crippen molar-refractivity contribution in [3.8, 4) is 6.07 Å². The molecule has 1 aromatic rings. The predicted molar refractivity (Wildman–Crippen MR) is 64.6 cm³/mol. The summed E-state index contributed by atoms with van der Waals surface area (Å²) in [5, 5.41) is 19.6. The summed E-state index contributed by atoms with van der Waals surface area (Å²) in [7, 11) is 0. The van der Waals surface area contributed by atoms with E-state index < -0.39 is 5.60 Å². The third kappa shape index (κ3) is 2.47. The molecule has 3 heteroatoms. The molecule has 1 N–H and O–H groups in total. The summed E-state index contributed by atoms with van der Waals surface area (Å²) >= 11 is 0.0507. The maximum atomic E-state index is 10.4. The molecule has 1 unspecified atom stereocenters. The molecule has 2 nitrogen and oxygen atoms in total. The zero-order valence-electron chi connectivity index (χ0n) is 9.10. The average molecular weight is 280 g/mol. The van der Waals surface area contributed by atoms with Crippen molar-refractivity contribution in [3.05, 3.63) is 30.3 Å². The summed E-state index contributed by atoms with van der Waals surface area (Å²) < 4.78 is 1.20. The van der Waals surface area contributed by atoms with Crippen LogP contribution in [0, 0.1) is 11.3 Å². The minimum absolute atomic E-state index is 0.0507. The molecule has 0 bridgehead atoms. The maximum absolute atomic E-state index is 10.4. The van der Waals surface area contributed by atoms with Crippen molar-refractivity contribution < 1.29 is 5.11 Å². The van der Waals surface area contributed by atoms with E-state index in [4.69, 9.17) is 0 Å². The van der Waals surface area contributed by atoms with E-state index in [2.05, 4.69) is 6.07 Å². The van der Waals surface area contributed by atoms with Crippen molar-refractivity contribution in [2.24, 2.45) is 0 Å². The third-order valence-corrected chi connectivity index (χ3v) is 5.85. The molecule has 0 amide bonds. The summed E-state index contributed by atoms with van der Waals surface area (Å²) in [6, 6.07) is 12.4. The van der Waals surface area contributed by atoms with Crippen LogP contribution < -0.4 is 4.46 Å². The molecule has 0 aliphatic heterocycles. The number of nitriles is 1. The summed E-state index contributed by atoms with van der Waals surface area (Å²) in [5.74, 6) is 0. The van der Waals surface area contributed by atoms with Crippen LogP contribution in [0.1, 0.15) is 25.7 Å². The first kappa shape index (κ1) is 11.7. The zero-order chi connectivity index (χ0) is 11.4. The van der Waals surface area contributed by atoms with Crippen LogP contribution in [-0.2, 0) is 0 Å². The van der Waals surface area contributed by atoms with Gasteiger partial charge in [0, 0.05) is 0 Å². The van der Waals surface area contributed by atoms with E-state index in [0.717, 1.165) is 25.7 Å². The molecule has 84 valence electrons. The third-order valence-electron chi connectivity index (χ3n) is 3.07. The predicted octanol–water partition coefficient (Wildman–Crippen LogP) is 1.63. The molecule has 1 aliphatic rings. The van der Waals surface area contributed by atoms with E-state index in [1.54, 1.807) is 0 Å². The van der Waals surface area contributed by atoms with Crippen molar-refractivity contribution >= 4 is 19.4 Å². The van der Waals surface area contributed by atoms with E-state index >= 15 is 0 Å². The van der Waals surface area contributed by atoms with Gasteiger partial charge in [0.15, 0.2) is 0 Å². The number of aliphatic hydroxyl groups is 1. The summed E-state index contributed by atoms with van der Waals surface area (Å²) in [4.78, 5) is -0.204. The van der Waals surface area contributed by atoms with Crippen molar-refractivity contribution in [2.45, 2.75) is 36.1 Å². The van der Waals surface area contributed by atoms with Crippen molar-refractivity contribution in [3.63, 3.8) is 0 Å². The van der Waals surface area contributed by atoms with Crippen molar-refractivity contribution in [1.82, 2.24) is 0 Å². The van der Waals surface area contributed by atoms with E-state index in [-0.39, 0.29) is 19.8 Å². The Hall–Kier alpha value is -0.811. The topological polar surface area (TPSA) is 44.0 Å². The molecule has 0 radical (unpaired) electrons. The van der Waals surface area contributed by atoms with Gasteiger partial charge in [-0.15, -0.1) is 0 Å². The van der Waals surface area contributed by atoms with Crippen LogP contribution in [0.5, 0.6) is 0 Å². The molecule has 1 aliphatic carbocycles. The van der Waals surface area contributed by atoms with Crippen LogP contribution >= 0.6 is 0 Å². The second-order valence-electron chi connectivity index (χ2n) is 4.25. The Morgan fingerprint density at radius 2 is 1.88 bits per heavy atom. The normalized spacial score (nSPS) is 20.2. The first-order valence-electron chi connectivity index (χ1n) is 5.58. The van der Waals surface area contributed by atoms with Gasteiger partial charge in [-0.3, -0.25) is 0 Å². The monoisotopic (exact) mass is 281 g/mol. The van der Waals surface area contributed by atoms with Gasteiger partial charge < -0.3 is 0 Å². The summed E-state index contributed by atoms with van der Waals surface area (Å²) in [5.41, 5.74) is -0.718. The van der Waals surface area contributed by atoms with Crippen LogP contribution in [-0.4, -0.2) is 25.7 Å². The fourth-order valence-electron chi connectivity index (χ4n) is 2.14. The number of rotatable bonds is 3. The van der Waals surface area contributed by atoms with E-state index in [1.165, 1.54) is 4.46 Å². The van der Waals surface area contributed by atoms with Crippen LogP contribution in [0.15, 0.2) is 30.3 Å². The number of nitrogens with zero attached hydrogens (tertiary/aromatic N) is 1. The first-order chi connectivity index (χ1) is 7.74. The Morgan fingerprint density at radius 1 is 1.25 bits per heavy atom. The molecule has 1 atom stereocenters. The van der Waals surface area contributed by atoms with E-state index in [9.17, 15) is 10.4 Å². The van der Waals surface area contributed by atoms with Crippen molar-refractivity contribution in [2.75, 3.05) is 0 Å². The Balaban J connectivity index is 2.10. The molecule has 1 fully saturated rings. The standard InChI is InChI=1S/C13H15NOSe/c14-10-12(13(15)8-4-5-9-13)16-11-6-2-1-3-7-11/h1-3,6-7,12,15H,4-5,8-9H2. The van der Waals surface area contributed by atoms with Gasteiger partial charge in [0.05, 0.1) is 0 Å². The molecule has 1 aromatic carbocycles. The SMILES string of the molecule is N#CC([Se]c1ccccc1)C1(O)CCCC1. The Kier molecular flexibility index (Phi) is 3.66. The molecule has 16 heavy (non-hydrogen) atoms. The molecule has 2 rings (SSSR count). The molecular formula is C13H15NOSe. The van der Waals surface area contributed by atoms with E-state index in [1.807, 2.05) is 30.3 Å². The molecular weight excluding hydrogens is 265 g/mol. The molecule has 1 saturated carbocycles. The van der Waals surface area contributed by atoms with Crippen LogP contribution in [0.2, 0.25) is 4.82 Å². The Labute approximate surface area is 102 Å². The number of hydrogen-bond donors (Lipinski definition) is 1. The summed E-state index contributed by atoms with van der Waals surface area (Å²) in [6.07, 6.45) is 3.69. The van der Waals surface area contributed by atoms with Crippen LogP contribution in [0.3, 0.4) is 0 Å². The van der Waals surface area contributed by atoms with Gasteiger partial charge in [-0.2, -0.15) is 0 Å². The molecule has 0 spiro atoms. The second kappa shape index (κ2) is 5.01. The Bertz CT molecular complexity index is 379. The molecule has 0 heterocycles. The van der Waals surface area contributed by atoms with Crippen LogP contribution in [0.25, 0.3) is 0 Å².